The minimum Gasteiger partial charge on any atom is -0.147 e. The van der Waals surface area contributed by atoms with E-state index < -0.39 is 0 Å². The van der Waals surface area contributed by atoms with E-state index in [9.17, 15) is 4.79 Å². The van der Waals surface area contributed by atoms with Crippen LogP contribution in [0.1, 0.15) is 5.56 Å². The summed E-state index contributed by atoms with van der Waals surface area (Å²) in [5.74, 6) is 0. The SMILES string of the molecule is Cc1ccc2c(=O)n(CCN)[se]c2c1.Cl. The molecule has 1 heterocycles. The molecule has 15 heavy (non-hydrogen) atoms. The Morgan fingerprint density at radius 2 is 2.20 bits per heavy atom. The number of hydrogen-bond acceptors (Lipinski definition) is 2. The molecule has 0 aliphatic rings. The number of nitrogens with zero attached hydrogens (tertiary/aromatic N) is 1. The van der Waals surface area contributed by atoms with Crippen molar-refractivity contribution in [3.05, 3.63) is 34.1 Å². The Kier molecular flexibility index (Phi) is 4.17. The molecule has 0 fully saturated rings. The summed E-state index contributed by atoms with van der Waals surface area (Å²) in [6.45, 7) is 3.26. The second-order valence-corrected chi connectivity index (χ2v) is 5.52. The molecule has 0 amide bonds. The topological polar surface area (TPSA) is 48.0 Å². The van der Waals surface area contributed by atoms with Crippen molar-refractivity contribution in [2.24, 2.45) is 5.73 Å². The third kappa shape index (κ3) is 2.34. The Labute approximate surface area is 100 Å². The molecule has 1 aromatic carbocycles. The molecule has 2 N–H and O–H groups in total. The average molecular weight is 292 g/mol. The summed E-state index contributed by atoms with van der Waals surface area (Å²) in [6, 6.07) is 6.01. The number of halogens is 1. The molecule has 0 aliphatic heterocycles. The summed E-state index contributed by atoms with van der Waals surface area (Å²) in [6.07, 6.45) is 0. The normalized spacial score (nSPS) is 10.3. The van der Waals surface area contributed by atoms with Crippen molar-refractivity contribution in [2.45, 2.75) is 13.5 Å². The minimum atomic E-state index is 0. The van der Waals surface area contributed by atoms with Gasteiger partial charge in [0.2, 0.25) is 0 Å². The van der Waals surface area contributed by atoms with Gasteiger partial charge in [-0.15, -0.1) is 12.4 Å². The number of benzene rings is 1. The summed E-state index contributed by atoms with van der Waals surface area (Å²) >= 11 is 0.137. The summed E-state index contributed by atoms with van der Waals surface area (Å²) in [4.78, 5) is 11.8. The molecule has 0 aliphatic carbocycles. The number of aryl methyl sites for hydroxylation is 1. The third-order valence-electron chi connectivity index (χ3n) is 2.13. The Balaban J connectivity index is 0.00000112. The smallest absolute Gasteiger partial charge is 0.147 e. The number of fused-ring (bicyclic) bond motifs is 1. The van der Waals surface area contributed by atoms with Gasteiger partial charge in [-0.25, -0.2) is 0 Å². The van der Waals surface area contributed by atoms with E-state index in [0.29, 0.717) is 13.1 Å². The fourth-order valence-electron chi connectivity index (χ4n) is 1.44. The molecule has 82 valence electrons. The molecule has 5 heteroatoms. The van der Waals surface area contributed by atoms with Crippen molar-refractivity contribution >= 4 is 36.8 Å². The van der Waals surface area contributed by atoms with E-state index in [4.69, 9.17) is 5.73 Å². The van der Waals surface area contributed by atoms with Gasteiger partial charge in [0.15, 0.2) is 0 Å². The number of nitrogens with two attached hydrogens (primary N) is 1. The van der Waals surface area contributed by atoms with E-state index in [1.165, 1.54) is 9.82 Å². The van der Waals surface area contributed by atoms with Gasteiger partial charge in [0.1, 0.15) is 0 Å². The molecule has 0 bridgehead atoms. The number of aromatic nitrogens is 1. The molecule has 0 radical (unpaired) electrons. The molecule has 1 aromatic heterocycles. The fourth-order valence-corrected chi connectivity index (χ4v) is 3.76. The van der Waals surface area contributed by atoms with E-state index in [1.54, 1.807) is 0 Å². The summed E-state index contributed by atoms with van der Waals surface area (Å²) in [5, 5.41) is 0.865. The van der Waals surface area contributed by atoms with Gasteiger partial charge in [0.25, 0.3) is 0 Å². The zero-order valence-corrected chi connectivity index (χ0v) is 10.9. The maximum atomic E-state index is 11.8. The molecule has 0 saturated heterocycles. The summed E-state index contributed by atoms with van der Waals surface area (Å²) < 4.78 is 3.05. The van der Waals surface area contributed by atoms with Crippen LogP contribution in [-0.2, 0) is 6.54 Å². The van der Waals surface area contributed by atoms with Gasteiger partial charge in [-0.2, -0.15) is 0 Å². The average Bonchev–Trinajstić information content (AvgIpc) is 2.44. The Bertz CT molecular complexity index is 518. The van der Waals surface area contributed by atoms with Crippen LogP contribution >= 0.6 is 12.4 Å². The van der Waals surface area contributed by atoms with Crippen molar-refractivity contribution in [2.75, 3.05) is 6.54 Å². The van der Waals surface area contributed by atoms with Crippen molar-refractivity contribution in [1.29, 1.82) is 0 Å². The van der Waals surface area contributed by atoms with Gasteiger partial charge in [-0.3, -0.25) is 0 Å². The zero-order chi connectivity index (χ0) is 10.1. The molecule has 0 atom stereocenters. The molecule has 2 rings (SSSR count). The van der Waals surface area contributed by atoms with Crippen LogP contribution in [-0.4, -0.2) is 24.8 Å². The quantitative estimate of drug-likeness (QED) is 0.830. The summed E-state index contributed by atoms with van der Waals surface area (Å²) in [7, 11) is 0. The van der Waals surface area contributed by atoms with E-state index in [-0.39, 0.29) is 32.7 Å². The van der Waals surface area contributed by atoms with Crippen LogP contribution in [0.5, 0.6) is 0 Å². The van der Waals surface area contributed by atoms with Crippen molar-refractivity contribution in [1.82, 2.24) is 3.56 Å². The van der Waals surface area contributed by atoms with Crippen LogP contribution < -0.4 is 11.3 Å². The monoisotopic (exact) mass is 292 g/mol. The third-order valence-corrected chi connectivity index (χ3v) is 4.45. The van der Waals surface area contributed by atoms with Gasteiger partial charge < -0.3 is 0 Å². The van der Waals surface area contributed by atoms with E-state index in [1.807, 2.05) is 22.6 Å². The molecule has 3 nitrogen and oxygen atoms in total. The van der Waals surface area contributed by atoms with E-state index >= 15 is 0 Å². The van der Waals surface area contributed by atoms with Crippen LogP contribution in [0.4, 0.5) is 0 Å². The maximum absolute atomic E-state index is 11.8. The first-order valence-corrected chi connectivity index (χ1v) is 6.15. The predicted octanol–water partition coefficient (Wildman–Crippen LogP) is 0.747. The van der Waals surface area contributed by atoms with Crippen LogP contribution in [0.25, 0.3) is 9.65 Å². The largest absolute Gasteiger partial charge is 0.147 e. The first-order chi connectivity index (χ1) is 6.72. The molecular weight excluding hydrogens is 279 g/mol. The van der Waals surface area contributed by atoms with Crippen molar-refractivity contribution in [3.63, 3.8) is 0 Å². The standard InChI is InChI=1S/C10H12N2OSe.ClH/c1-7-2-3-8-9(6-7)14-12(5-4-11)10(8)13;/h2-3,6H,4-5,11H2,1H3;1H. The van der Waals surface area contributed by atoms with Crippen LogP contribution in [0, 0.1) is 6.92 Å². The van der Waals surface area contributed by atoms with Crippen LogP contribution in [0.15, 0.2) is 23.0 Å². The van der Waals surface area contributed by atoms with Crippen molar-refractivity contribution in [3.8, 4) is 0 Å². The first-order valence-electron chi connectivity index (χ1n) is 4.53. The first kappa shape index (κ1) is 12.5. The Morgan fingerprint density at radius 1 is 1.47 bits per heavy atom. The number of hydrogen-bond donors (Lipinski definition) is 1. The summed E-state index contributed by atoms with van der Waals surface area (Å²) in [5.41, 5.74) is 6.81. The zero-order valence-electron chi connectivity index (χ0n) is 8.40. The van der Waals surface area contributed by atoms with E-state index in [2.05, 4.69) is 6.07 Å². The van der Waals surface area contributed by atoms with Gasteiger partial charge in [0, 0.05) is 0 Å². The van der Waals surface area contributed by atoms with E-state index in [0.717, 1.165) is 5.39 Å². The Hall–Kier alpha value is -0.541. The van der Waals surface area contributed by atoms with Gasteiger partial charge in [-0.1, -0.05) is 0 Å². The van der Waals surface area contributed by atoms with Crippen molar-refractivity contribution < 1.29 is 0 Å². The van der Waals surface area contributed by atoms with Crippen LogP contribution in [0.2, 0.25) is 0 Å². The number of rotatable bonds is 2. The second kappa shape index (κ2) is 4.99. The van der Waals surface area contributed by atoms with Gasteiger partial charge in [0.05, 0.1) is 0 Å². The molecule has 0 saturated carbocycles. The molecule has 0 spiro atoms. The van der Waals surface area contributed by atoms with Crippen LogP contribution in [0.3, 0.4) is 0 Å². The molecular formula is C10H13ClN2OSe. The maximum Gasteiger partial charge on any atom is -0.147 e. The predicted molar refractivity (Wildman–Crippen MR) is 66.2 cm³/mol. The molecule has 0 unspecified atom stereocenters. The fraction of sp³-hybridized carbons (Fsp3) is 0.300. The van der Waals surface area contributed by atoms with Gasteiger partial charge >= 0.3 is 87.8 Å². The second-order valence-electron chi connectivity index (χ2n) is 3.29. The molecule has 2 aromatic rings. The Morgan fingerprint density at radius 3 is 2.87 bits per heavy atom. The van der Waals surface area contributed by atoms with Gasteiger partial charge in [-0.05, 0) is 0 Å². The minimum absolute atomic E-state index is 0.